The Balaban J connectivity index is 2.14. The maximum absolute atomic E-state index is 12.0. The lowest BCUT2D eigenvalue weighted by molar-refractivity contribution is -0.129. The zero-order valence-electron chi connectivity index (χ0n) is 10.1. The van der Waals surface area contributed by atoms with Gasteiger partial charge in [0.05, 0.1) is 11.5 Å². The van der Waals surface area contributed by atoms with E-state index in [1.165, 1.54) is 6.42 Å². The molecule has 1 spiro atoms. The molecule has 2 nitrogen and oxygen atoms in total. The van der Waals surface area contributed by atoms with Gasteiger partial charge in [-0.1, -0.05) is 0 Å². The van der Waals surface area contributed by atoms with Crippen LogP contribution in [-0.4, -0.2) is 20.2 Å². The minimum atomic E-state index is -1.50. The van der Waals surface area contributed by atoms with Gasteiger partial charge in [0.1, 0.15) is 5.78 Å². The maximum atomic E-state index is 12.0. The molecule has 2 aliphatic rings. The summed E-state index contributed by atoms with van der Waals surface area (Å²) < 4.78 is 6.22. The van der Waals surface area contributed by atoms with Crippen LogP contribution in [0.3, 0.4) is 0 Å². The van der Waals surface area contributed by atoms with Gasteiger partial charge in [-0.3, -0.25) is 4.79 Å². The summed E-state index contributed by atoms with van der Waals surface area (Å²) in [6, 6.07) is 0. The minimum Gasteiger partial charge on any atom is -0.414 e. The fourth-order valence-corrected chi connectivity index (χ4v) is 4.39. The first-order valence-electron chi connectivity index (χ1n) is 6.15. The highest BCUT2D eigenvalue weighted by Crippen LogP contribution is 2.50. The Labute approximate surface area is 93.5 Å². The predicted molar refractivity (Wildman–Crippen MR) is 63.4 cm³/mol. The maximum Gasteiger partial charge on any atom is 0.184 e. The quantitative estimate of drug-likeness (QED) is 0.676. The molecule has 0 aromatic heterocycles. The summed E-state index contributed by atoms with van der Waals surface area (Å²) in [4.78, 5) is 12.0. The van der Waals surface area contributed by atoms with Gasteiger partial charge in [0.25, 0.3) is 0 Å². The molecule has 0 aliphatic heterocycles. The molecule has 2 atom stereocenters. The number of Topliss-reactive ketones (excluding diaryl/α,β-unsaturated/α-hetero) is 1. The number of rotatable bonds is 2. The van der Waals surface area contributed by atoms with Crippen LogP contribution in [0, 0.1) is 5.41 Å². The van der Waals surface area contributed by atoms with E-state index in [-0.39, 0.29) is 11.5 Å². The van der Waals surface area contributed by atoms with Gasteiger partial charge in [-0.25, -0.2) is 0 Å². The topological polar surface area (TPSA) is 26.3 Å². The number of hydrogen-bond acceptors (Lipinski definition) is 2. The van der Waals surface area contributed by atoms with Gasteiger partial charge in [0.2, 0.25) is 0 Å². The lowest BCUT2D eigenvalue weighted by atomic mass is 9.81. The molecule has 2 aliphatic carbocycles. The van der Waals surface area contributed by atoms with Gasteiger partial charge in [0.15, 0.2) is 8.32 Å². The molecule has 0 bridgehead atoms. The largest absolute Gasteiger partial charge is 0.414 e. The summed E-state index contributed by atoms with van der Waals surface area (Å²) in [6.07, 6.45) is 6.59. The smallest absolute Gasteiger partial charge is 0.184 e. The van der Waals surface area contributed by atoms with Crippen LogP contribution >= 0.6 is 0 Å². The summed E-state index contributed by atoms with van der Waals surface area (Å²) in [5.41, 5.74) is -0.0553. The Hall–Kier alpha value is -0.153. The van der Waals surface area contributed by atoms with E-state index in [1.807, 2.05) is 0 Å². The third kappa shape index (κ3) is 2.04. The first-order chi connectivity index (χ1) is 6.94. The molecule has 0 radical (unpaired) electrons. The van der Waals surface area contributed by atoms with E-state index in [1.54, 1.807) is 0 Å². The van der Waals surface area contributed by atoms with Crippen LogP contribution in [0.15, 0.2) is 0 Å². The van der Waals surface area contributed by atoms with Crippen LogP contribution in [0.2, 0.25) is 19.6 Å². The zero-order chi connectivity index (χ0) is 11.1. The van der Waals surface area contributed by atoms with Crippen molar-refractivity contribution in [3.8, 4) is 0 Å². The second-order valence-corrected chi connectivity index (χ2v) is 10.5. The minimum absolute atomic E-state index is 0.0553. The highest BCUT2D eigenvalue weighted by atomic mass is 28.4. The second kappa shape index (κ2) is 3.70. The molecule has 0 unspecified atom stereocenters. The molecule has 2 saturated carbocycles. The van der Waals surface area contributed by atoms with Crippen molar-refractivity contribution >= 4 is 14.1 Å². The molecule has 0 N–H and O–H groups in total. The Kier molecular flexibility index (Phi) is 2.80. The molecule has 0 heterocycles. The summed E-state index contributed by atoms with van der Waals surface area (Å²) in [5.74, 6) is 0.489. The Morgan fingerprint density at radius 2 is 1.93 bits per heavy atom. The predicted octanol–water partition coefficient (Wildman–Crippen LogP) is 3.13. The first kappa shape index (κ1) is 11.3. The van der Waals surface area contributed by atoms with Crippen LogP contribution in [0.5, 0.6) is 0 Å². The highest BCUT2D eigenvalue weighted by molar-refractivity contribution is 6.69. The van der Waals surface area contributed by atoms with Crippen molar-refractivity contribution in [1.29, 1.82) is 0 Å². The van der Waals surface area contributed by atoms with Crippen molar-refractivity contribution in [1.82, 2.24) is 0 Å². The van der Waals surface area contributed by atoms with E-state index in [4.69, 9.17) is 4.43 Å². The highest BCUT2D eigenvalue weighted by Gasteiger charge is 2.52. The van der Waals surface area contributed by atoms with Crippen LogP contribution in [0.1, 0.15) is 38.5 Å². The van der Waals surface area contributed by atoms with Gasteiger partial charge in [-0.2, -0.15) is 0 Å². The Morgan fingerprint density at radius 3 is 2.47 bits per heavy atom. The van der Waals surface area contributed by atoms with E-state index in [2.05, 4.69) is 19.6 Å². The van der Waals surface area contributed by atoms with Crippen molar-refractivity contribution in [3.05, 3.63) is 0 Å². The van der Waals surface area contributed by atoms with E-state index >= 15 is 0 Å². The van der Waals surface area contributed by atoms with E-state index < -0.39 is 8.32 Å². The number of hydrogen-bond donors (Lipinski definition) is 0. The molecule has 2 fully saturated rings. The van der Waals surface area contributed by atoms with Gasteiger partial charge in [-0.15, -0.1) is 0 Å². The summed E-state index contributed by atoms with van der Waals surface area (Å²) in [5, 5.41) is 0. The molecule has 0 aromatic rings. The molecule has 15 heavy (non-hydrogen) atoms. The van der Waals surface area contributed by atoms with Crippen molar-refractivity contribution in [2.75, 3.05) is 0 Å². The third-order valence-electron chi connectivity index (χ3n) is 3.78. The normalized spacial score (nSPS) is 36.7. The fraction of sp³-hybridized carbons (Fsp3) is 0.917. The Morgan fingerprint density at radius 1 is 1.27 bits per heavy atom. The number of carbonyl (C=O) groups is 1. The monoisotopic (exact) mass is 226 g/mol. The van der Waals surface area contributed by atoms with Gasteiger partial charge in [0, 0.05) is 6.42 Å². The van der Waals surface area contributed by atoms with Gasteiger partial charge >= 0.3 is 0 Å². The van der Waals surface area contributed by atoms with Crippen molar-refractivity contribution in [2.24, 2.45) is 5.41 Å². The Bertz CT molecular complexity index is 265. The zero-order valence-corrected chi connectivity index (χ0v) is 11.1. The molecule has 0 aromatic carbocycles. The summed E-state index contributed by atoms with van der Waals surface area (Å²) in [6.45, 7) is 6.66. The lowest BCUT2D eigenvalue weighted by Gasteiger charge is -2.34. The summed E-state index contributed by atoms with van der Waals surface area (Å²) >= 11 is 0. The van der Waals surface area contributed by atoms with Crippen LogP contribution in [0.4, 0.5) is 0 Å². The second-order valence-electron chi connectivity index (χ2n) is 6.04. The molecule has 0 saturated heterocycles. The summed E-state index contributed by atoms with van der Waals surface area (Å²) in [7, 11) is -1.50. The molecule has 2 rings (SSSR count). The van der Waals surface area contributed by atoms with Crippen molar-refractivity contribution < 1.29 is 9.22 Å². The average Bonchev–Trinajstić information content (AvgIpc) is 2.62. The lowest BCUT2D eigenvalue weighted by Crippen LogP contribution is -2.42. The molecule has 3 heteroatoms. The molecular formula is C12H22O2Si. The number of carbonyl (C=O) groups excluding carboxylic acids is 1. The van der Waals surface area contributed by atoms with E-state index in [0.29, 0.717) is 5.78 Å². The first-order valence-corrected chi connectivity index (χ1v) is 9.56. The molecule has 86 valence electrons. The fourth-order valence-electron chi connectivity index (χ4n) is 3.20. The standard InChI is InChI=1S/C12H22O2Si/c1-15(2,3)14-11-7-5-9-12(11)8-4-6-10(12)13/h11H,4-9H2,1-3H3/t11-,12+/m0/s1. The van der Waals surface area contributed by atoms with Crippen LogP contribution in [0.25, 0.3) is 0 Å². The van der Waals surface area contributed by atoms with Crippen LogP contribution < -0.4 is 0 Å². The number of ketones is 1. The third-order valence-corrected chi connectivity index (χ3v) is 4.78. The molecular weight excluding hydrogens is 204 g/mol. The van der Waals surface area contributed by atoms with Gasteiger partial charge < -0.3 is 4.43 Å². The van der Waals surface area contributed by atoms with E-state index in [0.717, 1.165) is 32.1 Å². The van der Waals surface area contributed by atoms with Crippen molar-refractivity contribution in [3.63, 3.8) is 0 Å². The van der Waals surface area contributed by atoms with Crippen LogP contribution in [-0.2, 0) is 9.22 Å². The van der Waals surface area contributed by atoms with E-state index in [9.17, 15) is 4.79 Å². The van der Waals surface area contributed by atoms with Gasteiger partial charge in [-0.05, 0) is 51.7 Å². The molecule has 0 amide bonds. The average molecular weight is 226 g/mol. The van der Waals surface area contributed by atoms with Crippen molar-refractivity contribution in [2.45, 2.75) is 64.3 Å². The SMILES string of the molecule is C[Si](C)(C)O[C@H]1CCC[C@@]12CCCC2=O.